The van der Waals surface area contributed by atoms with Gasteiger partial charge in [0.2, 0.25) is 5.91 Å². The number of carbonyl (C=O) groups excluding carboxylic acids is 1. The third kappa shape index (κ3) is 3.19. The molecule has 2 nitrogen and oxygen atoms in total. The maximum Gasteiger partial charge on any atom is 0.246 e. The number of carbonyl (C=O) groups is 1. The number of likely N-dealkylation sites (tertiary alicyclic amines) is 1. The molecular formula is C15H19NO. The first-order chi connectivity index (χ1) is 8.27. The molecule has 1 heterocycles. The molecule has 1 amide bonds. The zero-order valence-corrected chi connectivity index (χ0v) is 10.3. The molecule has 0 aromatic heterocycles. The van der Waals surface area contributed by atoms with Gasteiger partial charge in [-0.15, -0.1) is 0 Å². The van der Waals surface area contributed by atoms with Crippen LogP contribution in [0.2, 0.25) is 0 Å². The van der Waals surface area contributed by atoms with Crippen LogP contribution in [0, 0.1) is 0 Å². The summed E-state index contributed by atoms with van der Waals surface area (Å²) in [5.41, 5.74) is 1.07. The number of hydrogen-bond acceptors (Lipinski definition) is 1. The molecule has 1 aliphatic heterocycles. The maximum atomic E-state index is 12.0. The Kier molecular flexibility index (Phi) is 3.97. The van der Waals surface area contributed by atoms with Crippen LogP contribution in [0.3, 0.4) is 0 Å². The fourth-order valence-corrected chi connectivity index (χ4v) is 2.25. The molecule has 90 valence electrons. The van der Waals surface area contributed by atoms with Crippen LogP contribution in [0.4, 0.5) is 0 Å². The van der Waals surface area contributed by atoms with Gasteiger partial charge in [0.1, 0.15) is 0 Å². The lowest BCUT2D eigenvalue weighted by Gasteiger charge is -2.32. The van der Waals surface area contributed by atoms with E-state index >= 15 is 0 Å². The van der Waals surface area contributed by atoms with Gasteiger partial charge in [0.15, 0.2) is 0 Å². The predicted molar refractivity (Wildman–Crippen MR) is 70.5 cm³/mol. The van der Waals surface area contributed by atoms with Crippen LogP contribution < -0.4 is 0 Å². The summed E-state index contributed by atoms with van der Waals surface area (Å²) in [6.45, 7) is 3.03. The normalized spacial score (nSPS) is 20.8. The van der Waals surface area contributed by atoms with Crippen molar-refractivity contribution in [1.82, 2.24) is 4.90 Å². The van der Waals surface area contributed by atoms with E-state index in [1.165, 1.54) is 6.42 Å². The SMILES string of the molecule is C[C@H]1CCCCN1C(=O)/C=C/c1ccccc1. The van der Waals surface area contributed by atoms with E-state index in [9.17, 15) is 4.79 Å². The third-order valence-electron chi connectivity index (χ3n) is 3.30. The molecule has 1 fully saturated rings. The van der Waals surface area contributed by atoms with Crippen molar-refractivity contribution in [2.45, 2.75) is 32.2 Å². The summed E-state index contributed by atoms with van der Waals surface area (Å²) in [4.78, 5) is 14.0. The van der Waals surface area contributed by atoms with Gasteiger partial charge in [0.25, 0.3) is 0 Å². The van der Waals surface area contributed by atoms with Crippen LogP contribution in [0.25, 0.3) is 6.08 Å². The van der Waals surface area contributed by atoms with E-state index in [-0.39, 0.29) is 5.91 Å². The van der Waals surface area contributed by atoms with Crippen molar-refractivity contribution in [3.8, 4) is 0 Å². The summed E-state index contributed by atoms with van der Waals surface area (Å²) in [6, 6.07) is 10.3. The van der Waals surface area contributed by atoms with Crippen molar-refractivity contribution >= 4 is 12.0 Å². The van der Waals surface area contributed by atoms with E-state index in [1.54, 1.807) is 6.08 Å². The topological polar surface area (TPSA) is 20.3 Å². The molecule has 0 aliphatic carbocycles. The summed E-state index contributed by atoms with van der Waals surface area (Å²) >= 11 is 0. The fourth-order valence-electron chi connectivity index (χ4n) is 2.25. The van der Waals surface area contributed by atoms with Gasteiger partial charge in [0, 0.05) is 18.7 Å². The second-order valence-corrected chi connectivity index (χ2v) is 4.62. The van der Waals surface area contributed by atoms with Gasteiger partial charge in [-0.1, -0.05) is 30.3 Å². The first-order valence-electron chi connectivity index (χ1n) is 6.31. The zero-order valence-electron chi connectivity index (χ0n) is 10.3. The van der Waals surface area contributed by atoms with Crippen LogP contribution in [0.1, 0.15) is 31.7 Å². The van der Waals surface area contributed by atoms with E-state index in [2.05, 4.69) is 6.92 Å². The van der Waals surface area contributed by atoms with Gasteiger partial charge in [0.05, 0.1) is 0 Å². The molecule has 1 aliphatic rings. The minimum absolute atomic E-state index is 0.140. The fraction of sp³-hybridized carbons (Fsp3) is 0.400. The molecule has 0 unspecified atom stereocenters. The van der Waals surface area contributed by atoms with Crippen LogP contribution >= 0.6 is 0 Å². The van der Waals surface area contributed by atoms with Crippen LogP contribution in [-0.2, 0) is 4.79 Å². The molecular weight excluding hydrogens is 210 g/mol. The Labute approximate surface area is 103 Å². The first kappa shape index (κ1) is 11.9. The quantitative estimate of drug-likeness (QED) is 0.714. The summed E-state index contributed by atoms with van der Waals surface area (Å²) in [5.74, 6) is 0.140. The summed E-state index contributed by atoms with van der Waals surface area (Å²) in [5, 5.41) is 0. The Hall–Kier alpha value is -1.57. The average molecular weight is 229 g/mol. The molecule has 1 atom stereocenters. The summed E-state index contributed by atoms with van der Waals surface area (Å²) in [7, 11) is 0. The summed E-state index contributed by atoms with van der Waals surface area (Å²) in [6.07, 6.45) is 7.09. The minimum atomic E-state index is 0.140. The number of benzene rings is 1. The third-order valence-corrected chi connectivity index (χ3v) is 3.30. The van der Waals surface area contributed by atoms with Crippen molar-refractivity contribution in [3.63, 3.8) is 0 Å². The molecule has 17 heavy (non-hydrogen) atoms. The van der Waals surface area contributed by atoms with Gasteiger partial charge < -0.3 is 4.90 Å². The van der Waals surface area contributed by atoms with E-state index in [1.807, 2.05) is 41.3 Å². The Morgan fingerprint density at radius 3 is 2.76 bits per heavy atom. The van der Waals surface area contributed by atoms with Crippen LogP contribution in [-0.4, -0.2) is 23.4 Å². The molecule has 0 bridgehead atoms. The van der Waals surface area contributed by atoms with E-state index in [0.29, 0.717) is 6.04 Å². The van der Waals surface area contributed by atoms with Crippen molar-refractivity contribution < 1.29 is 4.79 Å². The Balaban J connectivity index is 1.99. The number of piperidine rings is 1. The number of amides is 1. The largest absolute Gasteiger partial charge is 0.336 e. The smallest absolute Gasteiger partial charge is 0.246 e. The van der Waals surface area contributed by atoms with Crippen molar-refractivity contribution in [2.24, 2.45) is 0 Å². The van der Waals surface area contributed by atoms with Gasteiger partial charge >= 0.3 is 0 Å². The molecule has 2 rings (SSSR count). The van der Waals surface area contributed by atoms with Crippen LogP contribution in [0.15, 0.2) is 36.4 Å². The van der Waals surface area contributed by atoms with Crippen molar-refractivity contribution in [1.29, 1.82) is 0 Å². The van der Waals surface area contributed by atoms with E-state index < -0.39 is 0 Å². The van der Waals surface area contributed by atoms with Gasteiger partial charge in [-0.25, -0.2) is 0 Å². The lowest BCUT2D eigenvalue weighted by molar-refractivity contribution is -0.129. The Bertz CT molecular complexity index is 397. The molecule has 0 spiro atoms. The van der Waals surface area contributed by atoms with Crippen molar-refractivity contribution in [2.75, 3.05) is 6.54 Å². The Morgan fingerprint density at radius 1 is 1.29 bits per heavy atom. The molecule has 1 aromatic carbocycles. The molecule has 0 radical (unpaired) electrons. The standard InChI is InChI=1S/C15H19NO/c1-13-7-5-6-12-16(13)15(17)11-10-14-8-3-2-4-9-14/h2-4,8-11,13H,5-7,12H2,1H3/b11-10+/t13-/m0/s1. The van der Waals surface area contributed by atoms with Crippen molar-refractivity contribution in [3.05, 3.63) is 42.0 Å². The van der Waals surface area contributed by atoms with Gasteiger partial charge in [-0.2, -0.15) is 0 Å². The predicted octanol–water partition coefficient (Wildman–Crippen LogP) is 3.10. The van der Waals surface area contributed by atoms with Gasteiger partial charge in [-0.3, -0.25) is 4.79 Å². The minimum Gasteiger partial charge on any atom is -0.336 e. The molecule has 2 heteroatoms. The highest BCUT2D eigenvalue weighted by Crippen LogP contribution is 2.16. The monoisotopic (exact) mass is 229 g/mol. The number of nitrogens with zero attached hydrogens (tertiary/aromatic N) is 1. The zero-order chi connectivity index (χ0) is 12.1. The average Bonchev–Trinajstić information content (AvgIpc) is 2.38. The Morgan fingerprint density at radius 2 is 2.06 bits per heavy atom. The van der Waals surface area contributed by atoms with Crippen LogP contribution in [0.5, 0.6) is 0 Å². The number of rotatable bonds is 2. The second kappa shape index (κ2) is 5.67. The second-order valence-electron chi connectivity index (χ2n) is 4.62. The number of hydrogen-bond donors (Lipinski definition) is 0. The highest BCUT2D eigenvalue weighted by atomic mass is 16.2. The van der Waals surface area contributed by atoms with E-state index in [0.717, 1.165) is 24.9 Å². The molecule has 1 saturated heterocycles. The van der Waals surface area contributed by atoms with E-state index in [4.69, 9.17) is 0 Å². The highest BCUT2D eigenvalue weighted by Gasteiger charge is 2.20. The summed E-state index contributed by atoms with van der Waals surface area (Å²) < 4.78 is 0. The molecule has 0 N–H and O–H groups in total. The molecule has 0 saturated carbocycles. The maximum absolute atomic E-state index is 12.0. The first-order valence-corrected chi connectivity index (χ1v) is 6.31. The lowest BCUT2D eigenvalue weighted by atomic mass is 10.0. The highest BCUT2D eigenvalue weighted by molar-refractivity contribution is 5.92. The van der Waals surface area contributed by atoms with Gasteiger partial charge in [-0.05, 0) is 37.8 Å². The lowest BCUT2D eigenvalue weighted by Crippen LogP contribution is -2.41. The molecule has 1 aromatic rings.